The van der Waals surface area contributed by atoms with Gasteiger partial charge in [0.15, 0.2) is 0 Å². The molecule has 0 radical (unpaired) electrons. The van der Waals surface area contributed by atoms with Gasteiger partial charge in [0.05, 0.1) is 5.92 Å². The first-order chi connectivity index (χ1) is 8.86. The number of amides is 3. The van der Waals surface area contributed by atoms with Crippen LogP contribution in [0.4, 0.5) is 4.79 Å². The molecule has 0 aliphatic carbocycles. The number of carbonyl (C=O) groups is 3. The Bertz CT molecular complexity index is 366. The lowest BCUT2D eigenvalue weighted by Crippen LogP contribution is -2.56. The molecule has 1 atom stereocenters. The first kappa shape index (κ1) is 15.3. The third-order valence-electron chi connectivity index (χ3n) is 3.56. The Morgan fingerprint density at radius 1 is 1.42 bits per heavy atom. The second-order valence-corrected chi connectivity index (χ2v) is 4.92. The van der Waals surface area contributed by atoms with Crippen LogP contribution in [0.25, 0.3) is 0 Å². The number of likely N-dealkylation sites (tertiary alicyclic amines) is 1. The highest BCUT2D eigenvalue weighted by atomic mass is 16.4. The van der Waals surface area contributed by atoms with Crippen molar-refractivity contribution in [3.05, 3.63) is 0 Å². The van der Waals surface area contributed by atoms with Crippen molar-refractivity contribution in [2.45, 2.75) is 13.3 Å². The number of nitrogens with one attached hydrogen (secondary N) is 1. The number of carbonyl (C=O) groups excluding carboxylic acids is 2. The van der Waals surface area contributed by atoms with Crippen molar-refractivity contribution in [2.24, 2.45) is 11.8 Å². The van der Waals surface area contributed by atoms with E-state index in [4.69, 9.17) is 5.11 Å². The minimum absolute atomic E-state index is 0.0220. The average Bonchev–Trinajstić information content (AvgIpc) is 2.32. The van der Waals surface area contributed by atoms with Gasteiger partial charge in [0.1, 0.15) is 0 Å². The van der Waals surface area contributed by atoms with E-state index < -0.39 is 11.9 Å². The normalized spacial score (nSPS) is 16.5. The van der Waals surface area contributed by atoms with Crippen LogP contribution in [0, 0.1) is 11.8 Å². The Hall–Kier alpha value is -1.79. The number of rotatable bonds is 5. The van der Waals surface area contributed by atoms with Gasteiger partial charge in [-0.05, 0) is 0 Å². The quantitative estimate of drug-likeness (QED) is 0.726. The Balaban J connectivity index is 2.32. The monoisotopic (exact) mass is 271 g/mol. The molecule has 19 heavy (non-hydrogen) atoms. The van der Waals surface area contributed by atoms with E-state index in [9.17, 15) is 14.4 Å². The second kappa shape index (κ2) is 6.40. The highest BCUT2D eigenvalue weighted by Crippen LogP contribution is 2.24. The van der Waals surface area contributed by atoms with Crippen LogP contribution in [0.5, 0.6) is 0 Å². The Labute approximate surface area is 112 Å². The zero-order valence-electron chi connectivity index (χ0n) is 11.5. The predicted molar refractivity (Wildman–Crippen MR) is 68.6 cm³/mol. The first-order valence-corrected chi connectivity index (χ1v) is 6.30. The van der Waals surface area contributed by atoms with Gasteiger partial charge in [0.2, 0.25) is 5.91 Å². The lowest BCUT2D eigenvalue weighted by molar-refractivity contribution is -0.145. The molecule has 0 aromatic rings. The van der Waals surface area contributed by atoms with E-state index in [0.717, 1.165) is 0 Å². The second-order valence-electron chi connectivity index (χ2n) is 4.92. The molecule has 0 saturated carbocycles. The molecule has 1 aliphatic rings. The molecule has 3 amide bonds. The van der Waals surface area contributed by atoms with Gasteiger partial charge in [0.25, 0.3) is 0 Å². The fourth-order valence-electron chi connectivity index (χ4n) is 1.92. The third-order valence-corrected chi connectivity index (χ3v) is 3.56. The number of hydrogen-bond donors (Lipinski definition) is 2. The summed E-state index contributed by atoms with van der Waals surface area (Å²) in [7, 11) is 3.19. The fraction of sp³-hybridized carbons (Fsp3) is 0.750. The van der Waals surface area contributed by atoms with Crippen LogP contribution in [0.3, 0.4) is 0 Å². The summed E-state index contributed by atoms with van der Waals surface area (Å²) in [6.07, 6.45) is 0.265. The van der Waals surface area contributed by atoms with E-state index >= 15 is 0 Å². The largest absolute Gasteiger partial charge is 0.481 e. The minimum atomic E-state index is -0.829. The van der Waals surface area contributed by atoms with Crippen LogP contribution in [-0.2, 0) is 9.59 Å². The van der Waals surface area contributed by atoms with Crippen molar-refractivity contribution in [2.75, 3.05) is 33.7 Å². The van der Waals surface area contributed by atoms with E-state index in [2.05, 4.69) is 5.32 Å². The molecule has 1 unspecified atom stereocenters. The van der Waals surface area contributed by atoms with E-state index in [1.165, 1.54) is 4.90 Å². The van der Waals surface area contributed by atoms with Gasteiger partial charge in [-0.2, -0.15) is 0 Å². The Morgan fingerprint density at radius 3 is 2.47 bits per heavy atom. The molecular weight excluding hydrogens is 250 g/mol. The van der Waals surface area contributed by atoms with Crippen molar-refractivity contribution in [3.8, 4) is 0 Å². The molecule has 0 aromatic carbocycles. The van der Waals surface area contributed by atoms with Crippen molar-refractivity contribution in [3.63, 3.8) is 0 Å². The number of urea groups is 1. The van der Waals surface area contributed by atoms with Gasteiger partial charge in [-0.1, -0.05) is 6.92 Å². The first-order valence-electron chi connectivity index (χ1n) is 6.30. The summed E-state index contributed by atoms with van der Waals surface area (Å²) in [5, 5.41) is 11.4. The van der Waals surface area contributed by atoms with Gasteiger partial charge in [-0.25, -0.2) is 4.79 Å². The summed E-state index contributed by atoms with van der Waals surface area (Å²) < 4.78 is 0. The number of aliphatic carboxylic acids is 1. The highest BCUT2D eigenvalue weighted by molar-refractivity contribution is 5.78. The molecular formula is C12H21N3O4. The van der Waals surface area contributed by atoms with Gasteiger partial charge in [-0.15, -0.1) is 0 Å². The van der Waals surface area contributed by atoms with Gasteiger partial charge in [-0.3, -0.25) is 9.59 Å². The van der Waals surface area contributed by atoms with Crippen LogP contribution in [0.1, 0.15) is 13.3 Å². The van der Waals surface area contributed by atoms with Crippen molar-refractivity contribution >= 4 is 17.9 Å². The smallest absolute Gasteiger partial charge is 0.319 e. The van der Waals surface area contributed by atoms with Crippen molar-refractivity contribution < 1.29 is 19.5 Å². The van der Waals surface area contributed by atoms with E-state index in [0.29, 0.717) is 19.6 Å². The number of carboxylic acid groups (broad SMARTS) is 1. The summed E-state index contributed by atoms with van der Waals surface area (Å²) in [5.74, 6) is -1.35. The Kier molecular flexibility index (Phi) is 5.14. The summed E-state index contributed by atoms with van der Waals surface area (Å²) in [4.78, 5) is 36.9. The van der Waals surface area contributed by atoms with E-state index in [-0.39, 0.29) is 24.3 Å². The molecule has 0 spiro atoms. The maximum absolute atomic E-state index is 11.9. The standard InChI is InChI=1S/C12H21N3O4/c1-8(11(17)18)9-6-15(7-9)12(19)14(3)5-4-10(16)13-2/h8-9H,4-7H2,1-3H3,(H,13,16)(H,17,18). The summed E-state index contributed by atoms with van der Waals surface area (Å²) in [5.41, 5.74) is 0. The summed E-state index contributed by atoms with van der Waals surface area (Å²) in [6.45, 7) is 2.95. The van der Waals surface area contributed by atoms with Crippen LogP contribution in [0.15, 0.2) is 0 Å². The predicted octanol–water partition coefficient (Wildman–Crippen LogP) is -0.173. The van der Waals surface area contributed by atoms with Crippen LogP contribution >= 0.6 is 0 Å². The van der Waals surface area contributed by atoms with Gasteiger partial charge < -0.3 is 20.2 Å². The molecule has 1 aliphatic heterocycles. The minimum Gasteiger partial charge on any atom is -0.481 e. The van der Waals surface area contributed by atoms with Crippen LogP contribution in [-0.4, -0.2) is 66.5 Å². The maximum Gasteiger partial charge on any atom is 0.319 e. The average molecular weight is 271 g/mol. The van der Waals surface area contributed by atoms with Crippen LogP contribution in [0.2, 0.25) is 0 Å². The van der Waals surface area contributed by atoms with Crippen LogP contribution < -0.4 is 5.32 Å². The molecule has 7 heteroatoms. The van der Waals surface area contributed by atoms with Crippen molar-refractivity contribution in [1.82, 2.24) is 15.1 Å². The van der Waals surface area contributed by atoms with Gasteiger partial charge >= 0.3 is 12.0 Å². The molecule has 2 N–H and O–H groups in total. The summed E-state index contributed by atoms with van der Waals surface area (Å²) in [6, 6.07) is -0.155. The molecule has 1 saturated heterocycles. The van der Waals surface area contributed by atoms with E-state index in [1.54, 1.807) is 25.9 Å². The van der Waals surface area contributed by atoms with Crippen molar-refractivity contribution in [1.29, 1.82) is 0 Å². The zero-order chi connectivity index (χ0) is 14.6. The number of hydrogen-bond acceptors (Lipinski definition) is 3. The highest BCUT2D eigenvalue weighted by Gasteiger charge is 2.38. The molecule has 1 rings (SSSR count). The Morgan fingerprint density at radius 2 is 2.00 bits per heavy atom. The lowest BCUT2D eigenvalue weighted by Gasteiger charge is -2.42. The van der Waals surface area contributed by atoms with E-state index in [1.807, 2.05) is 0 Å². The topological polar surface area (TPSA) is 90.0 Å². The number of carboxylic acids is 1. The van der Waals surface area contributed by atoms with Gasteiger partial charge in [0, 0.05) is 46.1 Å². The zero-order valence-corrected chi connectivity index (χ0v) is 11.5. The molecule has 108 valence electrons. The third kappa shape index (κ3) is 3.84. The molecule has 0 bridgehead atoms. The molecule has 7 nitrogen and oxygen atoms in total. The SMILES string of the molecule is CNC(=O)CCN(C)C(=O)N1CC(C(C)C(=O)O)C1. The number of nitrogens with zero attached hydrogens (tertiary/aromatic N) is 2. The molecule has 1 fully saturated rings. The fourth-order valence-corrected chi connectivity index (χ4v) is 1.92. The molecule has 0 aromatic heterocycles. The summed E-state index contributed by atoms with van der Waals surface area (Å²) >= 11 is 0. The lowest BCUT2D eigenvalue weighted by atomic mass is 9.87. The maximum atomic E-state index is 11.9. The molecule has 1 heterocycles.